The van der Waals surface area contributed by atoms with Gasteiger partial charge in [0.05, 0.1) is 4.90 Å². The highest BCUT2D eigenvalue weighted by molar-refractivity contribution is 7.89. The number of ether oxygens (including phenoxy) is 2. The van der Waals surface area contributed by atoms with E-state index in [1.165, 1.54) is 0 Å². The minimum atomic E-state index is -3.50. The van der Waals surface area contributed by atoms with E-state index in [-0.39, 0.29) is 6.79 Å². The smallest absolute Gasteiger partial charge is 0.243 e. The number of aryl methyl sites for hydroxylation is 2. The Bertz CT molecular complexity index is 921. The fourth-order valence-corrected chi connectivity index (χ4v) is 4.65. The molecule has 4 rings (SSSR count). The Kier molecular flexibility index (Phi) is 3.54. The number of rotatable bonds is 2. The highest BCUT2D eigenvalue weighted by Crippen LogP contribution is 2.37. The zero-order valence-electron chi connectivity index (χ0n) is 13.7. The van der Waals surface area contributed by atoms with E-state index in [2.05, 4.69) is 0 Å². The third-order valence-electron chi connectivity index (χ3n) is 4.79. The molecule has 0 amide bonds. The lowest BCUT2D eigenvalue weighted by molar-refractivity contribution is 0.174. The van der Waals surface area contributed by atoms with Crippen LogP contribution in [0.3, 0.4) is 0 Å². The molecule has 0 atom stereocenters. The van der Waals surface area contributed by atoms with Crippen LogP contribution in [0.15, 0.2) is 35.2 Å². The summed E-state index contributed by atoms with van der Waals surface area (Å²) in [4.78, 5) is 0.356. The zero-order chi connectivity index (χ0) is 16.9. The molecule has 2 aliphatic heterocycles. The van der Waals surface area contributed by atoms with E-state index in [0.717, 1.165) is 28.0 Å². The maximum atomic E-state index is 13.0. The maximum Gasteiger partial charge on any atom is 0.243 e. The number of benzene rings is 2. The molecule has 2 aromatic rings. The average molecular weight is 345 g/mol. The first kappa shape index (κ1) is 15.5. The van der Waals surface area contributed by atoms with E-state index in [9.17, 15) is 8.42 Å². The number of sulfonamides is 1. The zero-order valence-corrected chi connectivity index (χ0v) is 14.5. The first-order valence-corrected chi connectivity index (χ1v) is 9.38. The van der Waals surface area contributed by atoms with Crippen LogP contribution in [0.4, 0.5) is 0 Å². The second-order valence-electron chi connectivity index (χ2n) is 6.31. The molecule has 0 bridgehead atoms. The van der Waals surface area contributed by atoms with Gasteiger partial charge >= 0.3 is 0 Å². The summed E-state index contributed by atoms with van der Waals surface area (Å²) < 4.78 is 38.3. The van der Waals surface area contributed by atoms with E-state index in [1.54, 1.807) is 16.4 Å². The lowest BCUT2D eigenvalue weighted by Crippen LogP contribution is -2.36. The second kappa shape index (κ2) is 5.50. The summed E-state index contributed by atoms with van der Waals surface area (Å²) in [5.74, 6) is 1.44. The average Bonchev–Trinajstić information content (AvgIpc) is 3.01. The van der Waals surface area contributed by atoms with Gasteiger partial charge in [0.15, 0.2) is 11.5 Å². The van der Waals surface area contributed by atoms with Crippen molar-refractivity contribution in [3.63, 3.8) is 0 Å². The van der Waals surface area contributed by atoms with Crippen LogP contribution in [0.2, 0.25) is 0 Å². The van der Waals surface area contributed by atoms with Crippen LogP contribution in [-0.4, -0.2) is 26.1 Å². The molecule has 0 spiro atoms. The molecule has 0 unspecified atom stereocenters. The molecule has 2 aliphatic rings. The van der Waals surface area contributed by atoms with Crippen LogP contribution < -0.4 is 9.47 Å². The minimum absolute atomic E-state index is 0.225. The van der Waals surface area contributed by atoms with Crippen molar-refractivity contribution in [3.05, 3.63) is 52.6 Å². The van der Waals surface area contributed by atoms with Crippen LogP contribution in [-0.2, 0) is 23.0 Å². The van der Waals surface area contributed by atoms with E-state index < -0.39 is 10.0 Å². The minimum Gasteiger partial charge on any atom is -0.454 e. The van der Waals surface area contributed by atoms with E-state index in [0.29, 0.717) is 30.2 Å². The van der Waals surface area contributed by atoms with Crippen molar-refractivity contribution in [1.82, 2.24) is 4.31 Å². The SMILES string of the molecule is Cc1ccc(S(=O)(=O)N2CCc3cc4c(cc3C2)OCO4)cc1C. The number of nitrogens with zero attached hydrogens (tertiary/aromatic N) is 1. The topological polar surface area (TPSA) is 55.8 Å². The summed E-state index contributed by atoms with van der Waals surface area (Å²) in [6.07, 6.45) is 0.677. The summed E-state index contributed by atoms with van der Waals surface area (Å²) >= 11 is 0. The van der Waals surface area contributed by atoms with Gasteiger partial charge in [-0.3, -0.25) is 0 Å². The molecule has 0 fully saturated rings. The van der Waals surface area contributed by atoms with Gasteiger partial charge in [0.2, 0.25) is 16.8 Å². The van der Waals surface area contributed by atoms with Gasteiger partial charge < -0.3 is 9.47 Å². The Labute approximate surface area is 141 Å². The molecular weight excluding hydrogens is 326 g/mol. The van der Waals surface area contributed by atoms with Crippen LogP contribution in [0.5, 0.6) is 11.5 Å². The Hall–Kier alpha value is -2.05. The molecule has 0 aliphatic carbocycles. The molecule has 0 N–H and O–H groups in total. The third kappa shape index (κ3) is 2.46. The summed E-state index contributed by atoms with van der Waals surface area (Å²) in [6, 6.07) is 9.17. The lowest BCUT2D eigenvalue weighted by Gasteiger charge is -2.28. The summed E-state index contributed by atoms with van der Waals surface area (Å²) in [6.45, 7) is 4.97. The predicted molar refractivity (Wildman–Crippen MR) is 89.8 cm³/mol. The van der Waals surface area contributed by atoms with Gasteiger partial charge in [-0.05, 0) is 66.8 Å². The normalized spacial score (nSPS) is 16.9. The number of hydrogen-bond acceptors (Lipinski definition) is 4. The molecular formula is C18H19NO4S. The molecule has 0 saturated heterocycles. The Balaban J connectivity index is 1.67. The van der Waals surface area contributed by atoms with Crippen molar-refractivity contribution in [2.24, 2.45) is 0 Å². The summed E-state index contributed by atoms with van der Waals surface area (Å²) in [7, 11) is -3.50. The van der Waals surface area contributed by atoms with Gasteiger partial charge in [0.25, 0.3) is 0 Å². The van der Waals surface area contributed by atoms with E-state index >= 15 is 0 Å². The first-order valence-electron chi connectivity index (χ1n) is 7.94. The van der Waals surface area contributed by atoms with Gasteiger partial charge in [-0.2, -0.15) is 4.31 Å². The molecule has 2 aromatic carbocycles. The lowest BCUT2D eigenvalue weighted by atomic mass is 10.0. The molecule has 6 heteroatoms. The van der Waals surface area contributed by atoms with Crippen molar-refractivity contribution in [2.45, 2.75) is 31.7 Å². The Morgan fingerprint density at radius 3 is 2.38 bits per heavy atom. The van der Waals surface area contributed by atoms with Crippen molar-refractivity contribution in [3.8, 4) is 11.5 Å². The van der Waals surface area contributed by atoms with Crippen molar-refractivity contribution < 1.29 is 17.9 Å². The van der Waals surface area contributed by atoms with E-state index in [4.69, 9.17) is 9.47 Å². The molecule has 5 nitrogen and oxygen atoms in total. The molecule has 0 aromatic heterocycles. The molecule has 2 heterocycles. The fourth-order valence-electron chi connectivity index (χ4n) is 3.15. The Morgan fingerprint density at radius 2 is 1.67 bits per heavy atom. The Morgan fingerprint density at radius 1 is 0.958 bits per heavy atom. The first-order chi connectivity index (χ1) is 11.4. The third-order valence-corrected chi connectivity index (χ3v) is 6.63. The molecule has 0 radical (unpaired) electrons. The summed E-state index contributed by atoms with van der Waals surface area (Å²) in [5, 5.41) is 0. The van der Waals surface area contributed by atoms with Crippen LogP contribution in [0, 0.1) is 13.8 Å². The van der Waals surface area contributed by atoms with Crippen LogP contribution in [0.1, 0.15) is 22.3 Å². The van der Waals surface area contributed by atoms with Crippen molar-refractivity contribution >= 4 is 10.0 Å². The van der Waals surface area contributed by atoms with Gasteiger partial charge in [-0.1, -0.05) is 6.07 Å². The standard InChI is InChI=1S/C18H19NO4S/c1-12-3-4-16(7-13(12)2)24(20,21)19-6-5-14-8-17-18(23-11-22-17)9-15(14)10-19/h3-4,7-9H,5-6,10-11H2,1-2H3. The van der Waals surface area contributed by atoms with Gasteiger partial charge in [0.1, 0.15) is 0 Å². The van der Waals surface area contributed by atoms with Crippen molar-refractivity contribution in [2.75, 3.05) is 13.3 Å². The fraction of sp³-hybridized carbons (Fsp3) is 0.333. The second-order valence-corrected chi connectivity index (χ2v) is 8.25. The molecule has 24 heavy (non-hydrogen) atoms. The number of fused-ring (bicyclic) bond motifs is 2. The van der Waals surface area contributed by atoms with Gasteiger partial charge in [-0.25, -0.2) is 8.42 Å². The largest absolute Gasteiger partial charge is 0.454 e. The van der Waals surface area contributed by atoms with Gasteiger partial charge in [0, 0.05) is 13.1 Å². The highest BCUT2D eigenvalue weighted by Gasteiger charge is 2.30. The van der Waals surface area contributed by atoms with E-state index in [1.807, 2.05) is 32.0 Å². The quantitative estimate of drug-likeness (QED) is 0.840. The van der Waals surface area contributed by atoms with Crippen LogP contribution in [0.25, 0.3) is 0 Å². The molecule has 126 valence electrons. The predicted octanol–water partition coefficient (Wildman–Crippen LogP) is 2.78. The number of hydrogen-bond donors (Lipinski definition) is 0. The molecule has 0 saturated carbocycles. The maximum absolute atomic E-state index is 13.0. The van der Waals surface area contributed by atoms with Gasteiger partial charge in [-0.15, -0.1) is 0 Å². The van der Waals surface area contributed by atoms with Crippen molar-refractivity contribution in [1.29, 1.82) is 0 Å². The summed E-state index contributed by atoms with van der Waals surface area (Å²) in [5.41, 5.74) is 4.19. The monoisotopic (exact) mass is 345 g/mol. The highest BCUT2D eigenvalue weighted by atomic mass is 32.2. The van der Waals surface area contributed by atoms with Crippen LogP contribution >= 0.6 is 0 Å².